The number of hydrogen-bond donors (Lipinski definition) is 2. The number of benzene rings is 1. The van der Waals surface area contributed by atoms with Gasteiger partial charge in [0.05, 0.1) is 16.8 Å². The second-order valence-corrected chi connectivity index (χ2v) is 7.28. The summed E-state index contributed by atoms with van der Waals surface area (Å²) < 4.78 is 0. The van der Waals surface area contributed by atoms with Gasteiger partial charge in [-0.1, -0.05) is 25.1 Å². The van der Waals surface area contributed by atoms with Gasteiger partial charge in [-0.2, -0.15) is 0 Å². The molecule has 8 heteroatoms. The van der Waals surface area contributed by atoms with Crippen molar-refractivity contribution in [1.82, 2.24) is 30.2 Å². The molecule has 1 aromatic carbocycles. The molecule has 3 heterocycles. The van der Waals surface area contributed by atoms with Gasteiger partial charge < -0.3 is 10.6 Å². The van der Waals surface area contributed by atoms with Crippen LogP contribution in [0.4, 0.5) is 5.82 Å². The highest BCUT2D eigenvalue weighted by molar-refractivity contribution is 6.06. The molecular formula is C23H23N7O. The number of hydrogen-bond acceptors (Lipinski definition) is 7. The molecule has 0 aliphatic heterocycles. The van der Waals surface area contributed by atoms with Crippen LogP contribution in [0.3, 0.4) is 0 Å². The molecule has 4 rings (SSSR count). The lowest BCUT2D eigenvalue weighted by Gasteiger charge is -2.17. The Morgan fingerprint density at radius 3 is 2.71 bits per heavy atom. The quantitative estimate of drug-likeness (QED) is 0.499. The van der Waals surface area contributed by atoms with Gasteiger partial charge >= 0.3 is 0 Å². The normalized spacial score (nSPS) is 11.8. The number of carbonyl (C=O) groups excluding carboxylic acids is 1. The highest BCUT2D eigenvalue weighted by Gasteiger charge is 2.15. The van der Waals surface area contributed by atoms with Crippen molar-refractivity contribution in [2.45, 2.75) is 19.8 Å². The zero-order valence-electron chi connectivity index (χ0n) is 17.6. The summed E-state index contributed by atoms with van der Waals surface area (Å²) in [6, 6.07) is 9.58. The van der Waals surface area contributed by atoms with Crippen LogP contribution in [0.15, 0.2) is 55.2 Å². The highest BCUT2D eigenvalue weighted by atomic mass is 16.1. The fourth-order valence-electron chi connectivity index (χ4n) is 3.53. The minimum Gasteiger partial charge on any atom is -0.369 e. The van der Waals surface area contributed by atoms with Gasteiger partial charge in [0.25, 0.3) is 5.91 Å². The Morgan fingerprint density at radius 1 is 1.13 bits per heavy atom. The molecule has 0 aliphatic rings. The average molecular weight is 413 g/mol. The van der Waals surface area contributed by atoms with Crippen LogP contribution in [0.2, 0.25) is 0 Å². The van der Waals surface area contributed by atoms with Crippen molar-refractivity contribution < 1.29 is 4.79 Å². The Kier molecular flexibility index (Phi) is 5.79. The predicted octanol–water partition coefficient (Wildman–Crippen LogP) is 3.37. The van der Waals surface area contributed by atoms with Crippen LogP contribution >= 0.6 is 0 Å². The molecule has 156 valence electrons. The molecule has 0 fully saturated rings. The van der Waals surface area contributed by atoms with Gasteiger partial charge in [0.15, 0.2) is 0 Å². The van der Waals surface area contributed by atoms with Crippen LogP contribution in [-0.2, 0) is 0 Å². The van der Waals surface area contributed by atoms with Crippen molar-refractivity contribution in [1.29, 1.82) is 0 Å². The number of aryl methyl sites for hydroxylation is 1. The van der Waals surface area contributed by atoms with Crippen molar-refractivity contribution in [3.63, 3.8) is 0 Å². The Bertz CT molecular complexity index is 1230. The zero-order chi connectivity index (χ0) is 21.8. The fraction of sp³-hybridized carbons (Fsp3) is 0.217. The maximum atomic E-state index is 12.2. The average Bonchev–Trinajstić information content (AvgIpc) is 2.81. The topological polar surface area (TPSA) is 106 Å². The molecule has 3 aromatic heterocycles. The molecule has 0 unspecified atom stereocenters. The van der Waals surface area contributed by atoms with Crippen molar-refractivity contribution >= 4 is 22.6 Å². The SMILES string of the molecule is CNC(=O)c1ccnc2c([C@H](C)CNc3cc(-c4cncnc4)nc(C)n3)cccc12. The molecule has 1 amide bonds. The molecule has 1 atom stereocenters. The van der Waals surface area contributed by atoms with Gasteiger partial charge in [-0.05, 0) is 18.6 Å². The van der Waals surface area contributed by atoms with E-state index in [4.69, 9.17) is 0 Å². The summed E-state index contributed by atoms with van der Waals surface area (Å²) >= 11 is 0. The van der Waals surface area contributed by atoms with E-state index in [1.165, 1.54) is 6.33 Å². The number of carbonyl (C=O) groups is 1. The molecule has 4 aromatic rings. The molecule has 0 aliphatic carbocycles. The fourth-order valence-corrected chi connectivity index (χ4v) is 3.53. The summed E-state index contributed by atoms with van der Waals surface area (Å²) in [6.45, 7) is 4.62. The van der Waals surface area contributed by atoms with E-state index < -0.39 is 0 Å². The molecule has 0 spiro atoms. The number of para-hydroxylation sites is 1. The Morgan fingerprint density at radius 2 is 1.94 bits per heavy atom. The summed E-state index contributed by atoms with van der Waals surface area (Å²) in [5, 5.41) is 6.94. The Hall–Kier alpha value is -3.94. The van der Waals surface area contributed by atoms with Crippen LogP contribution in [-0.4, -0.2) is 44.4 Å². The first-order chi connectivity index (χ1) is 15.1. The number of pyridine rings is 1. The lowest BCUT2D eigenvalue weighted by Crippen LogP contribution is -2.18. The molecule has 0 saturated heterocycles. The summed E-state index contributed by atoms with van der Waals surface area (Å²) in [7, 11) is 1.63. The van der Waals surface area contributed by atoms with Crippen LogP contribution in [0.5, 0.6) is 0 Å². The van der Waals surface area contributed by atoms with E-state index in [-0.39, 0.29) is 11.8 Å². The number of fused-ring (bicyclic) bond motifs is 1. The largest absolute Gasteiger partial charge is 0.369 e. The third-order valence-electron chi connectivity index (χ3n) is 5.09. The lowest BCUT2D eigenvalue weighted by atomic mass is 9.96. The maximum absolute atomic E-state index is 12.2. The number of anilines is 1. The first-order valence-corrected chi connectivity index (χ1v) is 10.0. The summed E-state index contributed by atoms with van der Waals surface area (Å²) in [5.41, 5.74) is 4.13. The van der Waals surface area contributed by atoms with E-state index in [2.05, 4.69) is 42.5 Å². The molecule has 0 saturated carbocycles. The highest BCUT2D eigenvalue weighted by Crippen LogP contribution is 2.27. The minimum absolute atomic E-state index is 0.121. The van der Waals surface area contributed by atoms with Gasteiger partial charge in [-0.15, -0.1) is 0 Å². The predicted molar refractivity (Wildman–Crippen MR) is 120 cm³/mol. The first-order valence-electron chi connectivity index (χ1n) is 10.0. The molecular weight excluding hydrogens is 390 g/mol. The van der Waals surface area contributed by atoms with E-state index in [1.54, 1.807) is 31.7 Å². The van der Waals surface area contributed by atoms with E-state index in [1.807, 2.05) is 31.2 Å². The smallest absolute Gasteiger partial charge is 0.251 e. The van der Waals surface area contributed by atoms with Crippen LogP contribution in [0.25, 0.3) is 22.2 Å². The number of amides is 1. The zero-order valence-corrected chi connectivity index (χ0v) is 17.6. The lowest BCUT2D eigenvalue weighted by molar-refractivity contribution is 0.0964. The number of nitrogens with zero attached hydrogens (tertiary/aromatic N) is 5. The minimum atomic E-state index is -0.121. The van der Waals surface area contributed by atoms with Crippen molar-refractivity contribution in [3.8, 4) is 11.3 Å². The Balaban J connectivity index is 1.59. The number of rotatable bonds is 6. The number of aromatic nitrogens is 5. The van der Waals surface area contributed by atoms with E-state index in [9.17, 15) is 4.79 Å². The summed E-state index contributed by atoms with van der Waals surface area (Å²) in [6.07, 6.45) is 6.63. The first kappa shape index (κ1) is 20.3. The van der Waals surface area contributed by atoms with Gasteiger partial charge in [-0.25, -0.2) is 19.9 Å². The van der Waals surface area contributed by atoms with Crippen molar-refractivity contribution in [3.05, 3.63) is 72.2 Å². The van der Waals surface area contributed by atoms with E-state index >= 15 is 0 Å². The van der Waals surface area contributed by atoms with Gasteiger partial charge in [0.1, 0.15) is 18.0 Å². The summed E-state index contributed by atoms with van der Waals surface area (Å²) in [5.74, 6) is 1.41. The molecule has 0 bridgehead atoms. The second-order valence-electron chi connectivity index (χ2n) is 7.28. The molecule has 0 radical (unpaired) electrons. The Labute approximate surface area is 180 Å². The third-order valence-corrected chi connectivity index (χ3v) is 5.09. The van der Waals surface area contributed by atoms with Crippen LogP contribution in [0.1, 0.15) is 34.6 Å². The number of nitrogens with one attached hydrogen (secondary N) is 2. The third kappa shape index (κ3) is 4.32. The molecule has 2 N–H and O–H groups in total. The van der Waals surface area contributed by atoms with E-state index in [0.717, 1.165) is 33.5 Å². The standard InChI is InChI=1S/C23H23N7O/c1-14(17-5-4-6-18-19(23(31)24-3)7-8-27-22(17)18)10-28-21-9-20(29-15(2)30-21)16-11-25-13-26-12-16/h4-9,11-14H,10H2,1-3H3,(H,24,31)(H,28,29,30)/t14-/m1/s1. The van der Waals surface area contributed by atoms with Crippen molar-refractivity contribution in [2.75, 3.05) is 18.9 Å². The van der Waals surface area contributed by atoms with Crippen LogP contribution in [0, 0.1) is 6.92 Å². The molecule has 31 heavy (non-hydrogen) atoms. The second kappa shape index (κ2) is 8.83. The van der Waals surface area contributed by atoms with Gasteiger partial charge in [-0.3, -0.25) is 9.78 Å². The van der Waals surface area contributed by atoms with Crippen molar-refractivity contribution in [2.24, 2.45) is 0 Å². The summed E-state index contributed by atoms with van der Waals surface area (Å²) in [4.78, 5) is 33.9. The van der Waals surface area contributed by atoms with Crippen LogP contribution < -0.4 is 10.6 Å². The van der Waals surface area contributed by atoms with E-state index in [0.29, 0.717) is 17.9 Å². The molecule has 8 nitrogen and oxygen atoms in total. The van der Waals surface area contributed by atoms with Gasteiger partial charge in [0.2, 0.25) is 0 Å². The van der Waals surface area contributed by atoms with Gasteiger partial charge in [0, 0.05) is 55.1 Å². The maximum Gasteiger partial charge on any atom is 0.251 e. The monoisotopic (exact) mass is 413 g/mol.